The molecule has 0 amide bonds. The second kappa shape index (κ2) is 5.75. The van der Waals surface area contributed by atoms with Gasteiger partial charge in [-0.25, -0.2) is 9.79 Å². The standard InChI is InChI=1S/C8H13BrN2O2/c1-3-4-6(9)11-7(5(2)10)8(12)13/h3-4,10H2,1-2H3,(H,12,13)/b7-5+,11-6+. The molecule has 0 aliphatic carbocycles. The Morgan fingerprint density at radius 3 is 2.46 bits per heavy atom. The molecule has 0 saturated carbocycles. The molecule has 0 bridgehead atoms. The van der Waals surface area contributed by atoms with Crippen molar-refractivity contribution in [2.24, 2.45) is 10.7 Å². The summed E-state index contributed by atoms with van der Waals surface area (Å²) in [5.74, 6) is -1.10. The van der Waals surface area contributed by atoms with Crippen molar-refractivity contribution < 1.29 is 9.90 Å². The Labute approximate surface area is 85.7 Å². The summed E-state index contributed by atoms with van der Waals surface area (Å²) in [6.07, 6.45) is 1.62. The van der Waals surface area contributed by atoms with Gasteiger partial charge in [-0.2, -0.15) is 0 Å². The van der Waals surface area contributed by atoms with E-state index in [1.807, 2.05) is 6.92 Å². The van der Waals surface area contributed by atoms with Gasteiger partial charge in [0.2, 0.25) is 0 Å². The number of nitrogens with zero attached hydrogens (tertiary/aromatic N) is 1. The quantitative estimate of drug-likeness (QED) is 0.589. The molecule has 0 fully saturated rings. The minimum atomic E-state index is -1.10. The van der Waals surface area contributed by atoms with Crippen molar-refractivity contribution in [2.75, 3.05) is 0 Å². The van der Waals surface area contributed by atoms with Crippen molar-refractivity contribution in [1.29, 1.82) is 0 Å². The summed E-state index contributed by atoms with van der Waals surface area (Å²) in [5, 5.41) is 8.69. The molecule has 0 aromatic rings. The first-order valence-electron chi connectivity index (χ1n) is 3.91. The maximum Gasteiger partial charge on any atom is 0.356 e. The average Bonchev–Trinajstić information content (AvgIpc) is 1.99. The summed E-state index contributed by atoms with van der Waals surface area (Å²) in [6.45, 7) is 3.50. The van der Waals surface area contributed by atoms with Crippen molar-refractivity contribution in [3.8, 4) is 0 Å². The van der Waals surface area contributed by atoms with Gasteiger partial charge in [0.1, 0.15) is 0 Å². The highest BCUT2D eigenvalue weighted by atomic mass is 79.9. The van der Waals surface area contributed by atoms with Gasteiger partial charge in [-0.15, -0.1) is 0 Å². The lowest BCUT2D eigenvalue weighted by molar-refractivity contribution is -0.132. The number of nitrogens with two attached hydrogens (primary N) is 1. The summed E-state index contributed by atoms with van der Waals surface area (Å²) in [4.78, 5) is 14.5. The van der Waals surface area contributed by atoms with Crippen molar-refractivity contribution in [2.45, 2.75) is 26.7 Å². The molecule has 0 aromatic heterocycles. The third-order valence-corrected chi connectivity index (χ3v) is 1.84. The van der Waals surface area contributed by atoms with Crippen LogP contribution in [0.2, 0.25) is 0 Å². The van der Waals surface area contributed by atoms with Gasteiger partial charge in [-0.3, -0.25) is 0 Å². The number of aliphatic carboxylic acids is 1. The lowest BCUT2D eigenvalue weighted by Gasteiger charge is -1.99. The predicted molar refractivity (Wildman–Crippen MR) is 55.8 cm³/mol. The largest absolute Gasteiger partial charge is 0.476 e. The van der Waals surface area contributed by atoms with E-state index in [1.165, 1.54) is 6.92 Å². The number of hydrogen-bond donors (Lipinski definition) is 2. The number of hydrogen-bond acceptors (Lipinski definition) is 3. The second-order valence-corrected chi connectivity index (χ2v) is 3.49. The fourth-order valence-corrected chi connectivity index (χ4v) is 1.26. The van der Waals surface area contributed by atoms with Crippen LogP contribution in [0.5, 0.6) is 0 Å². The summed E-state index contributed by atoms with van der Waals surface area (Å²) < 4.78 is 0.609. The third kappa shape index (κ3) is 4.67. The van der Waals surface area contributed by atoms with Crippen LogP contribution in [0, 0.1) is 0 Å². The minimum absolute atomic E-state index is 0.0969. The Balaban J connectivity index is 4.72. The van der Waals surface area contributed by atoms with E-state index in [0.717, 1.165) is 6.42 Å². The Hall–Kier alpha value is -0.840. The third-order valence-electron chi connectivity index (χ3n) is 1.27. The molecule has 0 spiro atoms. The van der Waals surface area contributed by atoms with Crippen LogP contribution in [-0.4, -0.2) is 15.7 Å². The topological polar surface area (TPSA) is 75.7 Å². The van der Waals surface area contributed by atoms with Gasteiger partial charge in [0.15, 0.2) is 5.70 Å². The van der Waals surface area contributed by atoms with Crippen LogP contribution in [0.4, 0.5) is 0 Å². The zero-order valence-electron chi connectivity index (χ0n) is 7.67. The summed E-state index contributed by atoms with van der Waals surface area (Å²) >= 11 is 3.17. The monoisotopic (exact) mass is 248 g/mol. The van der Waals surface area contributed by atoms with E-state index in [4.69, 9.17) is 10.8 Å². The maximum atomic E-state index is 10.6. The van der Waals surface area contributed by atoms with Crippen LogP contribution >= 0.6 is 15.9 Å². The van der Waals surface area contributed by atoms with Crippen molar-refractivity contribution in [3.63, 3.8) is 0 Å². The molecule has 3 N–H and O–H groups in total. The first kappa shape index (κ1) is 12.2. The van der Waals surface area contributed by atoms with Crippen LogP contribution in [0.15, 0.2) is 16.4 Å². The number of aliphatic imine (C=N–C) groups is 1. The van der Waals surface area contributed by atoms with E-state index in [0.29, 0.717) is 11.0 Å². The lowest BCUT2D eigenvalue weighted by Crippen LogP contribution is -2.07. The van der Waals surface area contributed by atoms with Gasteiger partial charge in [-0.1, -0.05) is 13.3 Å². The van der Waals surface area contributed by atoms with E-state index in [1.54, 1.807) is 0 Å². The Morgan fingerprint density at radius 2 is 2.15 bits per heavy atom. The number of carboxylic acids is 1. The second-order valence-electron chi connectivity index (χ2n) is 2.57. The fourth-order valence-electron chi connectivity index (χ4n) is 0.688. The molecule has 0 aliphatic rings. The molecule has 0 aromatic carbocycles. The minimum Gasteiger partial charge on any atom is -0.476 e. The number of rotatable bonds is 4. The first-order chi connectivity index (χ1) is 5.99. The smallest absolute Gasteiger partial charge is 0.356 e. The van der Waals surface area contributed by atoms with Crippen molar-refractivity contribution in [1.82, 2.24) is 0 Å². The molecule has 0 atom stereocenters. The van der Waals surface area contributed by atoms with Gasteiger partial charge in [0, 0.05) is 5.70 Å². The van der Waals surface area contributed by atoms with Crippen molar-refractivity contribution >= 4 is 26.5 Å². The van der Waals surface area contributed by atoms with Gasteiger partial charge in [0.25, 0.3) is 0 Å². The van der Waals surface area contributed by atoms with E-state index in [2.05, 4.69) is 20.9 Å². The molecule has 74 valence electrons. The highest BCUT2D eigenvalue weighted by molar-refractivity contribution is 9.18. The highest BCUT2D eigenvalue weighted by Crippen LogP contribution is 2.07. The van der Waals surface area contributed by atoms with E-state index < -0.39 is 5.97 Å². The first-order valence-corrected chi connectivity index (χ1v) is 4.71. The zero-order valence-corrected chi connectivity index (χ0v) is 9.26. The van der Waals surface area contributed by atoms with Gasteiger partial charge < -0.3 is 10.8 Å². The van der Waals surface area contributed by atoms with E-state index in [9.17, 15) is 4.79 Å². The zero-order chi connectivity index (χ0) is 10.4. The van der Waals surface area contributed by atoms with Crippen LogP contribution in [0.25, 0.3) is 0 Å². The van der Waals surface area contributed by atoms with E-state index >= 15 is 0 Å². The lowest BCUT2D eigenvalue weighted by atomic mass is 10.3. The number of halogens is 1. The highest BCUT2D eigenvalue weighted by Gasteiger charge is 2.08. The van der Waals surface area contributed by atoms with Gasteiger partial charge in [0.05, 0.1) is 4.62 Å². The predicted octanol–water partition coefficient (Wildman–Crippen LogP) is 1.85. The summed E-state index contributed by atoms with van der Waals surface area (Å²) in [7, 11) is 0. The Kier molecular flexibility index (Phi) is 5.37. The SMILES string of the molecule is CCC/C(Br)=N\C(C(=O)O)=C(/C)N. The molecule has 0 heterocycles. The molecule has 0 aliphatic heterocycles. The molecule has 0 unspecified atom stereocenters. The molecule has 5 heteroatoms. The molecular formula is C8H13BrN2O2. The molecule has 0 saturated heterocycles. The van der Waals surface area contributed by atoms with Crippen LogP contribution in [0.3, 0.4) is 0 Å². The average molecular weight is 249 g/mol. The van der Waals surface area contributed by atoms with E-state index in [-0.39, 0.29) is 11.4 Å². The van der Waals surface area contributed by atoms with Crippen molar-refractivity contribution in [3.05, 3.63) is 11.4 Å². The fraction of sp³-hybridized carbons (Fsp3) is 0.500. The molecule has 0 radical (unpaired) electrons. The van der Waals surface area contributed by atoms with Crippen LogP contribution < -0.4 is 5.73 Å². The Bertz CT molecular complexity index is 255. The number of carbonyl (C=O) groups is 1. The summed E-state index contributed by atoms with van der Waals surface area (Å²) in [5.41, 5.74) is 5.46. The molecule has 13 heavy (non-hydrogen) atoms. The number of allylic oxidation sites excluding steroid dienone is 1. The molecule has 4 nitrogen and oxygen atoms in total. The summed E-state index contributed by atoms with van der Waals surface area (Å²) in [6, 6.07) is 0. The number of carboxylic acid groups (broad SMARTS) is 1. The normalized spacial score (nSPS) is 13.9. The molecular weight excluding hydrogens is 236 g/mol. The van der Waals surface area contributed by atoms with Gasteiger partial charge in [-0.05, 0) is 29.3 Å². The maximum absolute atomic E-state index is 10.6. The van der Waals surface area contributed by atoms with Crippen LogP contribution in [0.1, 0.15) is 26.7 Å². The van der Waals surface area contributed by atoms with Crippen LogP contribution in [-0.2, 0) is 4.79 Å². The molecule has 0 rings (SSSR count). The van der Waals surface area contributed by atoms with Gasteiger partial charge >= 0.3 is 5.97 Å². The Morgan fingerprint density at radius 1 is 1.62 bits per heavy atom.